The first-order chi connectivity index (χ1) is 16.5. The summed E-state index contributed by atoms with van der Waals surface area (Å²) in [5.74, 6) is 1.17. The number of hydrogen-bond donors (Lipinski definition) is 1. The van der Waals surface area contributed by atoms with Gasteiger partial charge in [-0.15, -0.1) is 0 Å². The number of carbonyl (C=O) groups is 2. The number of nitrogens with zero attached hydrogens (tertiary/aromatic N) is 1. The molecule has 3 aromatic carbocycles. The zero-order chi connectivity index (χ0) is 23.9. The normalized spacial score (nSPS) is 14.9. The van der Waals surface area contributed by atoms with Crippen LogP contribution in [0.15, 0.2) is 78.9 Å². The van der Waals surface area contributed by atoms with Crippen LogP contribution in [-0.2, 0) is 4.79 Å². The zero-order valence-corrected chi connectivity index (χ0v) is 19.9. The third-order valence-corrected chi connectivity index (χ3v) is 6.37. The molecule has 0 saturated carbocycles. The van der Waals surface area contributed by atoms with Gasteiger partial charge in [-0.25, -0.2) is 0 Å². The maximum absolute atomic E-state index is 12.8. The van der Waals surface area contributed by atoms with Crippen LogP contribution in [0.25, 0.3) is 11.1 Å². The molecule has 0 spiro atoms. The Morgan fingerprint density at radius 1 is 0.912 bits per heavy atom. The average Bonchev–Trinajstić information content (AvgIpc) is 2.88. The second-order valence-corrected chi connectivity index (χ2v) is 8.95. The number of benzene rings is 3. The van der Waals surface area contributed by atoms with Crippen LogP contribution < -0.4 is 10.1 Å². The fourth-order valence-electron chi connectivity index (χ4n) is 4.16. The fourth-order valence-corrected chi connectivity index (χ4v) is 4.16. The molecule has 4 rings (SSSR count). The van der Waals surface area contributed by atoms with E-state index < -0.39 is 6.10 Å². The molecule has 0 bridgehead atoms. The summed E-state index contributed by atoms with van der Waals surface area (Å²) < 4.78 is 5.97. The monoisotopic (exact) mass is 456 g/mol. The molecule has 176 valence electrons. The summed E-state index contributed by atoms with van der Waals surface area (Å²) in [6.07, 6.45) is 2.02. The molecule has 1 aliphatic rings. The van der Waals surface area contributed by atoms with Gasteiger partial charge in [0.15, 0.2) is 6.10 Å². The molecule has 0 aliphatic carbocycles. The Hall–Kier alpha value is -3.60. The first kappa shape index (κ1) is 23.6. The zero-order valence-electron chi connectivity index (χ0n) is 19.9. The van der Waals surface area contributed by atoms with Crippen molar-refractivity contribution < 1.29 is 14.3 Å². The van der Waals surface area contributed by atoms with E-state index in [0.717, 1.165) is 37.1 Å². The second-order valence-electron chi connectivity index (χ2n) is 8.95. The van der Waals surface area contributed by atoms with Crippen molar-refractivity contribution >= 4 is 17.5 Å². The molecular weight excluding hydrogens is 424 g/mol. The van der Waals surface area contributed by atoms with Crippen LogP contribution in [0.1, 0.15) is 43.5 Å². The number of rotatable bonds is 7. The van der Waals surface area contributed by atoms with Crippen LogP contribution in [-0.4, -0.2) is 35.9 Å². The third-order valence-electron chi connectivity index (χ3n) is 6.37. The van der Waals surface area contributed by atoms with Gasteiger partial charge >= 0.3 is 0 Å². The van der Waals surface area contributed by atoms with E-state index in [1.54, 1.807) is 24.3 Å². The average molecular weight is 457 g/mol. The van der Waals surface area contributed by atoms with E-state index in [4.69, 9.17) is 4.74 Å². The third kappa shape index (κ3) is 5.84. The van der Waals surface area contributed by atoms with Gasteiger partial charge in [-0.3, -0.25) is 9.59 Å². The molecule has 3 aromatic rings. The number of likely N-dealkylation sites (tertiary alicyclic amines) is 1. The lowest BCUT2D eigenvalue weighted by molar-refractivity contribution is -0.122. The predicted molar refractivity (Wildman–Crippen MR) is 136 cm³/mol. The molecule has 1 N–H and O–H groups in total. The van der Waals surface area contributed by atoms with Gasteiger partial charge in [0.2, 0.25) is 0 Å². The molecular formula is C29H32N2O3. The molecule has 2 amide bonds. The minimum Gasteiger partial charge on any atom is -0.481 e. The topological polar surface area (TPSA) is 58.6 Å². The summed E-state index contributed by atoms with van der Waals surface area (Å²) in [4.78, 5) is 27.5. The van der Waals surface area contributed by atoms with Crippen molar-refractivity contribution in [2.45, 2.75) is 39.2 Å². The first-order valence-electron chi connectivity index (χ1n) is 12.1. The SMILES string of the molecule is CCC(Oc1ccc(-c2ccccc2)cc1)C(=O)Nc1ccc(C(=O)N2CCC(C)CC2)cc1. The molecule has 1 fully saturated rings. The van der Waals surface area contributed by atoms with E-state index in [1.807, 2.05) is 54.3 Å². The molecule has 34 heavy (non-hydrogen) atoms. The Kier molecular flexibility index (Phi) is 7.63. The number of amides is 2. The Balaban J connectivity index is 1.34. The highest BCUT2D eigenvalue weighted by molar-refractivity contribution is 5.97. The van der Waals surface area contributed by atoms with Crippen molar-refractivity contribution in [3.63, 3.8) is 0 Å². The van der Waals surface area contributed by atoms with Crippen molar-refractivity contribution in [2.24, 2.45) is 5.92 Å². The lowest BCUT2D eigenvalue weighted by atomic mass is 9.98. The molecule has 1 aliphatic heterocycles. The number of carbonyl (C=O) groups excluding carboxylic acids is 2. The summed E-state index contributed by atoms with van der Waals surface area (Å²) in [7, 11) is 0. The minimum atomic E-state index is -0.612. The number of hydrogen-bond acceptors (Lipinski definition) is 3. The van der Waals surface area contributed by atoms with Crippen LogP contribution in [0.2, 0.25) is 0 Å². The van der Waals surface area contributed by atoms with E-state index in [0.29, 0.717) is 29.3 Å². The highest BCUT2D eigenvalue weighted by Gasteiger charge is 2.22. The van der Waals surface area contributed by atoms with Crippen LogP contribution in [0, 0.1) is 5.92 Å². The molecule has 5 nitrogen and oxygen atoms in total. The molecule has 1 atom stereocenters. The Bertz CT molecular complexity index is 1090. The van der Waals surface area contributed by atoms with Gasteiger partial charge in [-0.05, 0) is 72.7 Å². The Morgan fingerprint density at radius 2 is 1.53 bits per heavy atom. The molecule has 1 unspecified atom stereocenters. The predicted octanol–water partition coefficient (Wildman–Crippen LogP) is 6.02. The van der Waals surface area contributed by atoms with E-state index in [2.05, 4.69) is 24.4 Å². The van der Waals surface area contributed by atoms with Crippen LogP contribution in [0.5, 0.6) is 5.75 Å². The maximum Gasteiger partial charge on any atom is 0.265 e. The molecule has 0 aromatic heterocycles. The van der Waals surface area contributed by atoms with Gasteiger partial charge in [0, 0.05) is 24.3 Å². The lowest BCUT2D eigenvalue weighted by Gasteiger charge is -2.30. The smallest absolute Gasteiger partial charge is 0.265 e. The van der Waals surface area contributed by atoms with Crippen molar-refractivity contribution in [2.75, 3.05) is 18.4 Å². The number of ether oxygens (including phenoxy) is 1. The van der Waals surface area contributed by atoms with Gasteiger partial charge in [0.05, 0.1) is 0 Å². The van der Waals surface area contributed by atoms with Crippen molar-refractivity contribution in [3.05, 3.63) is 84.4 Å². The highest BCUT2D eigenvalue weighted by atomic mass is 16.5. The molecule has 0 radical (unpaired) electrons. The second kappa shape index (κ2) is 11.0. The number of anilines is 1. The fraction of sp³-hybridized carbons (Fsp3) is 0.310. The Morgan fingerprint density at radius 3 is 2.15 bits per heavy atom. The Labute approximate surface area is 201 Å². The molecule has 5 heteroatoms. The van der Waals surface area contributed by atoms with E-state index in [-0.39, 0.29) is 11.8 Å². The number of nitrogens with one attached hydrogen (secondary N) is 1. The van der Waals surface area contributed by atoms with Crippen LogP contribution in [0.4, 0.5) is 5.69 Å². The van der Waals surface area contributed by atoms with Crippen molar-refractivity contribution in [3.8, 4) is 16.9 Å². The number of piperidine rings is 1. The van der Waals surface area contributed by atoms with E-state index >= 15 is 0 Å². The standard InChI is InChI=1S/C29H32N2O3/c1-3-27(34-26-15-11-23(12-16-26)22-7-5-4-6-8-22)28(32)30-25-13-9-24(10-14-25)29(33)31-19-17-21(2)18-20-31/h4-16,21,27H,3,17-20H2,1-2H3,(H,30,32). The van der Waals surface area contributed by atoms with Gasteiger partial charge < -0.3 is 15.0 Å². The largest absolute Gasteiger partial charge is 0.481 e. The quantitative estimate of drug-likeness (QED) is 0.473. The van der Waals surface area contributed by atoms with Crippen LogP contribution >= 0.6 is 0 Å². The molecule has 1 heterocycles. The van der Waals surface area contributed by atoms with E-state index in [1.165, 1.54) is 0 Å². The van der Waals surface area contributed by atoms with Crippen molar-refractivity contribution in [1.82, 2.24) is 4.90 Å². The van der Waals surface area contributed by atoms with Gasteiger partial charge in [0.1, 0.15) is 5.75 Å². The summed E-state index contributed by atoms with van der Waals surface area (Å²) in [5.41, 5.74) is 3.53. The summed E-state index contributed by atoms with van der Waals surface area (Å²) in [6, 6.07) is 25.0. The summed E-state index contributed by atoms with van der Waals surface area (Å²) in [5, 5.41) is 2.91. The van der Waals surface area contributed by atoms with Crippen LogP contribution in [0.3, 0.4) is 0 Å². The first-order valence-corrected chi connectivity index (χ1v) is 12.1. The summed E-state index contributed by atoms with van der Waals surface area (Å²) in [6.45, 7) is 5.76. The van der Waals surface area contributed by atoms with Gasteiger partial charge in [-0.1, -0.05) is 56.3 Å². The van der Waals surface area contributed by atoms with Gasteiger partial charge in [-0.2, -0.15) is 0 Å². The van der Waals surface area contributed by atoms with Crippen molar-refractivity contribution in [1.29, 1.82) is 0 Å². The highest BCUT2D eigenvalue weighted by Crippen LogP contribution is 2.24. The minimum absolute atomic E-state index is 0.0542. The van der Waals surface area contributed by atoms with E-state index in [9.17, 15) is 9.59 Å². The summed E-state index contributed by atoms with van der Waals surface area (Å²) >= 11 is 0. The molecule has 1 saturated heterocycles. The lowest BCUT2D eigenvalue weighted by Crippen LogP contribution is -2.37. The maximum atomic E-state index is 12.8. The van der Waals surface area contributed by atoms with Gasteiger partial charge in [0.25, 0.3) is 11.8 Å².